The molecule has 9 heteroatoms. The number of hydrogen-bond donors (Lipinski definition) is 2. The quantitative estimate of drug-likeness (QED) is 0.836. The van der Waals surface area contributed by atoms with Crippen molar-refractivity contribution in [2.75, 3.05) is 5.75 Å². The summed E-state index contributed by atoms with van der Waals surface area (Å²) in [6, 6.07) is 3.73. The van der Waals surface area contributed by atoms with Gasteiger partial charge in [0.25, 0.3) is 0 Å². The molecule has 0 bridgehead atoms. The van der Waals surface area contributed by atoms with Gasteiger partial charge >= 0.3 is 11.7 Å². The molecule has 0 spiro atoms. The van der Waals surface area contributed by atoms with E-state index in [0.29, 0.717) is 5.69 Å². The van der Waals surface area contributed by atoms with Crippen LogP contribution in [0.3, 0.4) is 0 Å². The fraction of sp³-hybridized carbons (Fsp3) is 0.100. The lowest BCUT2D eigenvalue weighted by Gasteiger charge is -2.05. The van der Waals surface area contributed by atoms with Crippen molar-refractivity contribution in [3.05, 3.63) is 39.5 Å². The van der Waals surface area contributed by atoms with E-state index in [9.17, 15) is 14.0 Å². The van der Waals surface area contributed by atoms with Gasteiger partial charge in [0.15, 0.2) is 5.16 Å². The van der Waals surface area contributed by atoms with Crippen LogP contribution in [0.25, 0.3) is 5.69 Å². The Morgan fingerprint density at radius 1 is 1.58 bits per heavy atom. The second kappa shape index (κ2) is 5.45. The summed E-state index contributed by atoms with van der Waals surface area (Å²) in [4.78, 5) is 22.1. The Morgan fingerprint density at radius 2 is 2.32 bits per heavy atom. The molecule has 2 N–H and O–H groups in total. The molecule has 0 unspecified atom stereocenters. The Kier molecular flexibility index (Phi) is 3.91. The number of carboxylic acid groups (broad SMARTS) is 1. The Morgan fingerprint density at radius 3 is 2.95 bits per heavy atom. The summed E-state index contributed by atoms with van der Waals surface area (Å²) < 4.78 is 14.2. The van der Waals surface area contributed by atoms with Crippen LogP contribution < -0.4 is 5.69 Å². The minimum absolute atomic E-state index is 0.139. The van der Waals surface area contributed by atoms with E-state index in [-0.39, 0.29) is 15.9 Å². The third-order valence-electron chi connectivity index (χ3n) is 2.13. The van der Waals surface area contributed by atoms with Gasteiger partial charge < -0.3 is 5.11 Å². The van der Waals surface area contributed by atoms with Gasteiger partial charge in [0, 0.05) is 0 Å². The minimum Gasteiger partial charge on any atom is -0.481 e. The van der Waals surface area contributed by atoms with Crippen LogP contribution in [0, 0.1) is 5.82 Å². The van der Waals surface area contributed by atoms with E-state index in [1.54, 1.807) is 0 Å². The molecule has 0 amide bonds. The van der Waals surface area contributed by atoms with Gasteiger partial charge in [-0.05, 0) is 18.2 Å². The first-order chi connectivity index (χ1) is 8.99. The van der Waals surface area contributed by atoms with Crippen LogP contribution in [-0.2, 0) is 4.79 Å². The molecule has 0 radical (unpaired) electrons. The smallest absolute Gasteiger partial charge is 0.348 e. The van der Waals surface area contributed by atoms with Gasteiger partial charge in [-0.15, -0.1) is 5.10 Å². The standard InChI is InChI=1S/C10H7ClFN3O3S/c11-6-3-5(1-2-7(6)12)15-9(18)13-14-10(15)19-4-8(16)17/h1-3H,4H2,(H,13,18)(H,16,17). The van der Waals surface area contributed by atoms with Crippen LogP contribution in [-0.4, -0.2) is 31.6 Å². The Hall–Kier alpha value is -1.80. The van der Waals surface area contributed by atoms with Crippen molar-refractivity contribution in [3.8, 4) is 5.69 Å². The lowest BCUT2D eigenvalue weighted by Crippen LogP contribution is -2.16. The molecule has 0 fully saturated rings. The number of rotatable bonds is 4. The number of carbonyl (C=O) groups is 1. The van der Waals surface area contributed by atoms with Crippen LogP contribution >= 0.6 is 23.4 Å². The van der Waals surface area contributed by atoms with E-state index in [4.69, 9.17) is 16.7 Å². The van der Waals surface area contributed by atoms with Gasteiger partial charge in [0.05, 0.1) is 16.5 Å². The Balaban J connectivity index is 2.43. The molecule has 1 aromatic heterocycles. The molecule has 0 atom stereocenters. The molecule has 1 heterocycles. The third-order valence-corrected chi connectivity index (χ3v) is 3.34. The molecule has 0 saturated carbocycles. The Labute approximate surface area is 115 Å². The second-order valence-corrected chi connectivity index (χ2v) is 4.78. The largest absolute Gasteiger partial charge is 0.481 e. The van der Waals surface area contributed by atoms with Crippen LogP contribution in [0.1, 0.15) is 0 Å². The minimum atomic E-state index is -1.04. The van der Waals surface area contributed by atoms with Crippen molar-refractivity contribution in [2.45, 2.75) is 5.16 Å². The monoisotopic (exact) mass is 303 g/mol. The molecule has 0 aliphatic carbocycles. The molecular formula is C10H7ClFN3O3S. The van der Waals surface area contributed by atoms with E-state index in [0.717, 1.165) is 22.4 Å². The van der Waals surface area contributed by atoms with Crippen LogP contribution in [0.4, 0.5) is 4.39 Å². The van der Waals surface area contributed by atoms with E-state index >= 15 is 0 Å². The number of benzene rings is 1. The van der Waals surface area contributed by atoms with Gasteiger partial charge in [-0.2, -0.15) is 0 Å². The molecule has 6 nitrogen and oxygen atoms in total. The lowest BCUT2D eigenvalue weighted by molar-refractivity contribution is -0.133. The number of H-pyrrole nitrogens is 1. The molecule has 19 heavy (non-hydrogen) atoms. The lowest BCUT2D eigenvalue weighted by atomic mass is 10.3. The number of hydrogen-bond acceptors (Lipinski definition) is 4. The predicted molar refractivity (Wildman–Crippen MR) is 67.5 cm³/mol. The van der Waals surface area contributed by atoms with Crippen molar-refractivity contribution in [2.24, 2.45) is 0 Å². The average Bonchev–Trinajstić information content (AvgIpc) is 2.71. The maximum Gasteiger partial charge on any atom is 0.348 e. The highest BCUT2D eigenvalue weighted by molar-refractivity contribution is 7.99. The molecule has 2 rings (SSSR count). The number of carboxylic acids is 1. The maximum atomic E-state index is 13.1. The maximum absolute atomic E-state index is 13.1. The van der Waals surface area contributed by atoms with Crippen LogP contribution in [0.5, 0.6) is 0 Å². The highest BCUT2D eigenvalue weighted by Crippen LogP contribution is 2.21. The zero-order valence-electron chi connectivity index (χ0n) is 9.26. The first-order valence-electron chi connectivity index (χ1n) is 4.96. The highest BCUT2D eigenvalue weighted by Gasteiger charge is 2.13. The summed E-state index contributed by atoms with van der Waals surface area (Å²) >= 11 is 6.51. The summed E-state index contributed by atoms with van der Waals surface area (Å²) in [5.41, 5.74) is -0.256. The van der Waals surface area contributed by atoms with E-state index in [2.05, 4.69) is 10.2 Å². The van der Waals surface area contributed by atoms with Gasteiger partial charge in [0.1, 0.15) is 5.82 Å². The van der Waals surface area contributed by atoms with Gasteiger partial charge in [-0.25, -0.2) is 18.9 Å². The third kappa shape index (κ3) is 2.96. The summed E-state index contributed by atoms with van der Waals surface area (Å²) in [6.07, 6.45) is 0. The normalized spacial score (nSPS) is 10.6. The second-order valence-electron chi connectivity index (χ2n) is 3.43. The number of halogens is 2. The first-order valence-corrected chi connectivity index (χ1v) is 6.33. The zero-order chi connectivity index (χ0) is 14.0. The molecule has 1 aromatic carbocycles. The molecule has 0 saturated heterocycles. The van der Waals surface area contributed by atoms with Gasteiger partial charge in [-0.3, -0.25) is 4.79 Å². The number of aromatic nitrogens is 3. The van der Waals surface area contributed by atoms with E-state index < -0.39 is 17.5 Å². The number of nitrogens with zero attached hydrogens (tertiary/aromatic N) is 2. The molecule has 0 aliphatic heterocycles. The summed E-state index contributed by atoms with van der Waals surface area (Å²) in [6.45, 7) is 0. The summed E-state index contributed by atoms with van der Waals surface area (Å²) in [7, 11) is 0. The van der Waals surface area contributed by atoms with Crippen LogP contribution in [0.15, 0.2) is 28.2 Å². The van der Waals surface area contributed by atoms with E-state index in [1.807, 2.05) is 0 Å². The fourth-order valence-corrected chi connectivity index (χ4v) is 2.21. The molecule has 100 valence electrons. The van der Waals surface area contributed by atoms with E-state index in [1.165, 1.54) is 12.1 Å². The number of aliphatic carboxylic acids is 1. The van der Waals surface area contributed by atoms with Crippen molar-refractivity contribution >= 4 is 29.3 Å². The molecule has 0 aliphatic rings. The fourth-order valence-electron chi connectivity index (χ4n) is 1.36. The number of nitrogens with one attached hydrogen (secondary N) is 1. The first kappa shape index (κ1) is 13.6. The zero-order valence-corrected chi connectivity index (χ0v) is 10.8. The summed E-state index contributed by atoms with van der Waals surface area (Å²) in [5, 5.41) is 14.5. The van der Waals surface area contributed by atoms with Crippen molar-refractivity contribution < 1.29 is 14.3 Å². The average molecular weight is 304 g/mol. The van der Waals surface area contributed by atoms with Gasteiger partial charge in [0.2, 0.25) is 0 Å². The number of aromatic amines is 1. The molecular weight excluding hydrogens is 297 g/mol. The topological polar surface area (TPSA) is 88.0 Å². The highest BCUT2D eigenvalue weighted by atomic mass is 35.5. The van der Waals surface area contributed by atoms with Crippen LogP contribution in [0.2, 0.25) is 5.02 Å². The number of thioether (sulfide) groups is 1. The van der Waals surface area contributed by atoms with Crippen molar-refractivity contribution in [3.63, 3.8) is 0 Å². The summed E-state index contributed by atoms with van der Waals surface area (Å²) in [5.74, 6) is -1.90. The predicted octanol–water partition coefficient (Wildman–Crippen LogP) is 1.53. The Bertz CT molecular complexity index is 685. The van der Waals surface area contributed by atoms with Crippen molar-refractivity contribution in [1.82, 2.24) is 14.8 Å². The molecule has 2 aromatic rings. The SMILES string of the molecule is O=C(O)CSc1n[nH]c(=O)n1-c1ccc(F)c(Cl)c1. The van der Waals surface area contributed by atoms with Gasteiger partial charge in [-0.1, -0.05) is 23.4 Å². The van der Waals surface area contributed by atoms with Crippen molar-refractivity contribution in [1.29, 1.82) is 0 Å².